The topological polar surface area (TPSA) is 28.4 Å². The molecule has 98 valence electrons. The second-order valence-electron chi connectivity index (χ2n) is 4.77. The summed E-state index contributed by atoms with van der Waals surface area (Å²) in [6, 6.07) is 8.90. The van der Waals surface area contributed by atoms with Crippen LogP contribution in [0.3, 0.4) is 0 Å². The van der Waals surface area contributed by atoms with Crippen LogP contribution in [0.5, 0.6) is 0 Å². The molecule has 2 aromatic rings. The lowest BCUT2D eigenvalue weighted by Crippen LogP contribution is -2.29. The number of nitrogens with one attached hydrogen (secondary N) is 1. The summed E-state index contributed by atoms with van der Waals surface area (Å²) in [7, 11) is 2.04. The SMILES string of the molecule is CNC1CCN(Cc2coc3ccccc23)C1.Cl. The van der Waals surface area contributed by atoms with E-state index in [0.717, 1.165) is 18.7 Å². The molecule has 2 heterocycles. The fourth-order valence-corrected chi connectivity index (χ4v) is 2.61. The standard InChI is InChI=1S/C14H18N2O.ClH/c1-15-12-6-7-16(9-12)8-11-10-17-14-5-3-2-4-13(11)14;/h2-5,10,12,15H,6-9H2,1H3;1H. The monoisotopic (exact) mass is 266 g/mol. The molecule has 0 aliphatic carbocycles. The van der Waals surface area contributed by atoms with Crippen molar-refractivity contribution in [2.24, 2.45) is 0 Å². The van der Waals surface area contributed by atoms with E-state index in [-0.39, 0.29) is 12.4 Å². The van der Waals surface area contributed by atoms with Crippen molar-refractivity contribution >= 4 is 23.4 Å². The molecule has 1 N–H and O–H groups in total. The molecule has 1 saturated heterocycles. The van der Waals surface area contributed by atoms with Crippen molar-refractivity contribution in [3.63, 3.8) is 0 Å². The molecule has 0 spiro atoms. The first-order valence-corrected chi connectivity index (χ1v) is 6.21. The summed E-state index contributed by atoms with van der Waals surface area (Å²) in [5.74, 6) is 0. The number of rotatable bonds is 3. The predicted molar refractivity (Wildman–Crippen MR) is 76.2 cm³/mol. The van der Waals surface area contributed by atoms with Gasteiger partial charge in [0.05, 0.1) is 6.26 Å². The number of halogens is 1. The molecule has 1 aliphatic heterocycles. The minimum Gasteiger partial charge on any atom is -0.464 e. The Balaban J connectivity index is 0.00000120. The van der Waals surface area contributed by atoms with Gasteiger partial charge in [-0.15, -0.1) is 12.4 Å². The van der Waals surface area contributed by atoms with Gasteiger partial charge in [-0.3, -0.25) is 4.90 Å². The average molecular weight is 267 g/mol. The zero-order chi connectivity index (χ0) is 11.7. The number of para-hydroxylation sites is 1. The number of furan rings is 1. The van der Waals surface area contributed by atoms with Crippen molar-refractivity contribution in [3.8, 4) is 0 Å². The van der Waals surface area contributed by atoms with Gasteiger partial charge in [-0.1, -0.05) is 18.2 Å². The Morgan fingerprint density at radius 3 is 3.00 bits per heavy atom. The Hall–Kier alpha value is -1.03. The average Bonchev–Trinajstić information content (AvgIpc) is 2.97. The molecule has 0 saturated carbocycles. The summed E-state index contributed by atoms with van der Waals surface area (Å²) in [5.41, 5.74) is 2.30. The molecule has 1 aromatic heterocycles. The molecule has 1 fully saturated rings. The lowest BCUT2D eigenvalue weighted by Gasteiger charge is -2.14. The van der Waals surface area contributed by atoms with Crippen molar-refractivity contribution in [2.45, 2.75) is 19.0 Å². The van der Waals surface area contributed by atoms with Crippen molar-refractivity contribution in [1.29, 1.82) is 0 Å². The van der Waals surface area contributed by atoms with Gasteiger partial charge in [0.25, 0.3) is 0 Å². The van der Waals surface area contributed by atoms with Crippen LogP contribution >= 0.6 is 12.4 Å². The van der Waals surface area contributed by atoms with Gasteiger partial charge in [0.2, 0.25) is 0 Å². The van der Waals surface area contributed by atoms with E-state index in [9.17, 15) is 0 Å². The van der Waals surface area contributed by atoms with Crippen molar-refractivity contribution in [1.82, 2.24) is 10.2 Å². The molecule has 0 bridgehead atoms. The smallest absolute Gasteiger partial charge is 0.134 e. The molecule has 3 nitrogen and oxygen atoms in total. The van der Waals surface area contributed by atoms with Gasteiger partial charge in [0.1, 0.15) is 5.58 Å². The van der Waals surface area contributed by atoms with Crippen LogP contribution in [0.25, 0.3) is 11.0 Å². The number of nitrogens with zero attached hydrogens (tertiary/aromatic N) is 1. The van der Waals surface area contributed by atoms with E-state index in [1.54, 1.807) is 0 Å². The van der Waals surface area contributed by atoms with Crippen molar-refractivity contribution in [2.75, 3.05) is 20.1 Å². The molecule has 0 amide bonds. The first kappa shape index (κ1) is 13.4. The third-order valence-corrected chi connectivity index (χ3v) is 3.64. The zero-order valence-electron chi connectivity index (χ0n) is 10.6. The van der Waals surface area contributed by atoms with Crippen LogP contribution in [0.15, 0.2) is 34.9 Å². The molecule has 0 radical (unpaired) electrons. The van der Waals surface area contributed by atoms with Gasteiger partial charge in [-0.25, -0.2) is 0 Å². The maximum absolute atomic E-state index is 5.57. The highest BCUT2D eigenvalue weighted by atomic mass is 35.5. The molecule has 3 rings (SSSR count). The van der Waals surface area contributed by atoms with Gasteiger partial charge < -0.3 is 9.73 Å². The summed E-state index contributed by atoms with van der Waals surface area (Å²) in [5, 5.41) is 4.60. The van der Waals surface area contributed by atoms with E-state index in [0.29, 0.717) is 6.04 Å². The Labute approximate surface area is 114 Å². The summed E-state index contributed by atoms with van der Waals surface area (Å²) in [6.45, 7) is 3.30. The molecule has 1 unspecified atom stereocenters. The molecular formula is C14H19ClN2O. The number of hydrogen-bond donors (Lipinski definition) is 1. The van der Waals surface area contributed by atoms with Crippen molar-refractivity contribution < 1.29 is 4.42 Å². The quantitative estimate of drug-likeness (QED) is 0.926. The minimum atomic E-state index is 0. The molecule has 1 aromatic carbocycles. The number of likely N-dealkylation sites (N-methyl/N-ethyl adjacent to an activating group) is 1. The van der Waals surface area contributed by atoms with Crippen LogP contribution in [-0.2, 0) is 6.54 Å². The highest BCUT2D eigenvalue weighted by Gasteiger charge is 2.21. The molecule has 1 atom stereocenters. The van der Waals surface area contributed by atoms with Gasteiger partial charge in [-0.05, 0) is 19.5 Å². The Bertz CT molecular complexity index is 511. The molecule has 4 heteroatoms. The highest BCUT2D eigenvalue weighted by molar-refractivity contribution is 5.85. The number of likely N-dealkylation sites (tertiary alicyclic amines) is 1. The minimum absolute atomic E-state index is 0. The van der Waals surface area contributed by atoms with E-state index < -0.39 is 0 Å². The fourth-order valence-electron chi connectivity index (χ4n) is 2.61. The first-order valence-electron chi connectivity index (χ1n) is 6.21. The Morgan fingerprint density at radius 1 is 1.39 bits per heavy atom. The number of fused-ring (bicyclic) bond motifs is 1. The lowest BCUT2D eigenvalue weighted by molar-refractivity contribution is 0.322. The van der Waals surface area contributed by atoms with Crippen LogP contribution in [0.1, 0.15) is 12.0 Å². The molecule has 18 heavy (non-hydrogen) atoms. The predicted octanol–water partition coefficient (Wildman–Crippen LogP) is 2.65. The maximum Gasteiger partial charge on any atom is 0.134 e. The molecular weight excluding hydrogens is 248 g/mol. The number of hydrogen-bond acceptors (Lipinski definition) is 3. The van der Waals surface area contributed by atoms with E-state index in [1.165, 1.54) is 23.9 Å². The van der Waals surface area contributed by atoms with Gasteiger partial charge in [0, 0.05) is 36.6 Å². The summed E-state index contributed by atoms with van der Waals surface area (Å²) >= 11 is 0. The summed E-state index contributed by atoms with van der Waals surface area (Å²) in [6.07, 6.45) is 3.14. The Morgan fingerprint density at radius 2 is 2.22 bits per heavy atom. The zero-order valence-corrected chi connectivity index (χ0v) is 11.4. The maximum atomic E-state index is 5.57. The van der Waals surface area contributed by atoms with Gasteiger partial charge in [0.15, 0.2) is 0 Å². The largest absolute Gasteiger partial charge is 0.464 e. The second kappa shape index (κ2) is 5.74. The first-order chi connectivity index (χ1) is 8.36. The van der Waals surface area contributed by atoms with Crippen LogP contribution in [0.4, 0.5) is 0 Å². The van der Waals surface area contributed by atoms with E-state index in [4.69, 9.17) is 4.42 Å². The second-order valence-corrected chi connectivity index (χ2v) is 4.77. The van der Waals surface area contributed by atoms with Crippen LogP contribution in [0.2, 0.25) is 0 Å². The van der Waals surface area contributed by atoms with E-state index in [1.807, 2.05) is 25.4 Å². The molecule has 1 aliphatic rings. The Kier molecular flexibility index (Phi) is 4.27. The highest BCUT2D eigenvalue weighted by Crippen LogP contribution is 2.23. The third-order valence-electron chi connectivity index (χ3n) is 3.64. The van der Waals surface area contributed by atoms with Crippen LogP contribution < -0.4 is 5.32 Å². The normalized spacial score (nSPS) is 20.2. The van der Waals surface area contributed by atoms with Crippen molar-refractivity contribution in [3.05, 3.63) is 36.1 Å². The summed E-state index contributed by atoms with van der Waals surface area (Å²) in [4.78, 5) is 2.48. The van der Waals surface area contributed by atoms with Crippen LogP contribution in [-0.4, -0.2) is 31.1 Å². The number of benzene rings is 1. The third kappa shape index (κ3) is 2.53. The van der Waals surface area contributed by atoms with E-state index in [2.05, 4.69) is 22.3 Å². The van der Waals surface area contributed by atoms with Crippen LogP contribution in [0, 0.1) is 0 Å². The van der Waals surface area contributed by atoms with Gasteiger partial charge in [-0.2, -0.15) is 0 Å². The lowest BCUT2D eigenvalue weighted by atomic mass is 10.2. The van der Waals surface area contributed by atoms with E-state index >= 15 is 0 Å². The summed E-state index contributed by atoms with van der Waals surface area (Å²) < 4.78 is 5.57. The fraction of sp³-hybridized carbons (Fsp3) is 0.429. The van der Waals surface area contributed by atoms with Gasteiger partial charge >= 0.3 is 0 Å².